The lowest BCUT2D eigenvalue weighted by molar-refractivity contribution is -0.386. The second-order valence-corrected chi connectivity index (χ2v) is 2.44. The zero-order chi connectivity index (χ0) is 11.8. The van der Waals surface area contributed by atoms with Gasteiger partial charge in [0.15, 0.2) is 12.0 Å². The molecule has 0 aliphatic rings. The summed E-state index contributed by atoms with van der Waals surface area (Å²) in [6, 6.07) is 5.89. The van der Waals surface area contributed by atoms with E-state index in [-0.39, 0.29) is 11.4 Å². The highest BCUT2D eigenvalue weighted by Crippen LogP contribution is 2.26. The van der Waals surface area contributed by atoms with Crippen LogP contribution in [0.5, 0.6) is 5.75 Å². The van der Waals surface area contributed by atoms with Crippen LogP contribution in [0.4, 0.5) is 5.69 Å². The average Bonchev–Trinajstić information content (AvgIpc) is 2.20. The summed E-state index contributed by atoms with van der Waals surface area (Å²) in [5, 5.41) is 19.3. The van der Waals surface area contributed by atoms with Crippen LogP contribution < -0.4 is 10.5 Å². The molecule has 0 fully saturated rings. The van der Waals surface area contributed by atoms with Gasteiger partial charge in [0.25, 0.3) is 0 Å². The molecule has 0 saturated heterocycles. The van der Waals surface area contributed by atoms with E-state index in [1.54, 1.807) is 6.07 Å². The van der Waals surface area contributed by atoms with Crippen LogP contribution in [0.1, 0.15) is 6.92 Å². The van der Waals surface area contributed by atoms with Crippen molar-refractivity contribution in [2.45, 2.75) is 13.2 Å². The number of nitrogens with two attached hydrogens (primary N) is 1. The summed E-state index contributed by atoms with van der Waals surface area (Å²) < 4.78 is 4.82. The molecule has 0 heterocycles. The molecule has 6 nitrogen and oxygen atoms in total. The number of nitro benzene ring substituents is 1. The third kappa shape index (κ3) is 4.39. The zero-order valence-corrected chi connectivity index (χ0v) is 8.58. The lowest BCUT2D eigenvalue weighted by atomic mass is 10.3. The molecule has 84 valence electrons. The van der Waals surface area contributed by atoms with E-state index in [0.29, 0.717) is 0 Å². The van der Waals surface area contributed by atoms with Crippen LogP contribution in [0.15, 0.2) is 24.3 Å². The second-order valence-electron chi connectivity index (χ2n) is 2.44. The minimum Gasteiger partial charge on any atom is -0.458 e. The fourth-order valence-corrected chi connectivity index (χ4v) is 0.891. The normalized spacial score (nSPS) is 10.9. The first-order chi connectivity index (χ1) is 7.11. The molecule has 0 saturated carbocycles. The van der Waals surface area contributed by atoms with Gasteiger partial charge in [0.05, 0.1) is 4.92 Å². The van der Waals surface area contributed by atoms with Crippen molar-refractivity contribution in [1.29, 1.82) is 0 Å². The molecule has 1 rings (SSSR count). The standard InChI is InChI=1S/C8H9NO4.CH5N/c1-6(10)13-8-5-3-2-4-7(8)9(11)12;1-2/h2-6,10H,1H3;2H2,1H3. The van der Waals surface area contributed by atoms with Gasteiger partial charge in [0.2, 0.25) is 0 Å². The van der Waals surface area contributed by atoms with Gasteiger partial charge < -0.3 is 15.6 Å². The number of aliphatic hydroxyl groups is 1. The molecule has 15 heavy (non-hydrogen) atoms. The quantitative estimate of drug-likeness (QED) is 0.442. The number of rotatable bonds is 3. The number of hydrogen-bond acceptors (Lipinski definition) is 5. The van der Waals surface area contributed by atoms with Crippen molar-refractivity contribution in [1.82, 2.24) is 0 Å². The molecule has 0 bridgehead atoms. The lowest BCUT2D eigenvalue weighted by Crippen LogP contribution is -2.10. The van der Waals surface area contributed by atoms with Crippen LogP contribution in [0.25, 0.3) is 0 Å². The molecular formula is C9H14N2O4. The van der Waals surface area contributed by atoms with Crippen LogP contribution in [-0.2, 0) is 0 Å². The van der Waals surface area contributed by atoms with E-state index in [0.717, 1.165) is 0 Å². The number of ether oxygens (including phenoxy) is 1. The van der Waals surface area contributed by atoms with Gasteiger partial charge in [-0.15, -0.1) is 0 Å². The molecule has 0 aromatic heterocycles. The molecule has 3 N–H and O–H groups in total. The van der Waals surface area contributed by atoms with Crippen LogP contribution in [-0.4, -0.2) is 23.4 Å². The maximum absolute atomic E-state index is 10.4. The molecule has 0 aliphatic carbocycles. The van der Waals surface area contributed by atoms with Gasteiger partial charge in [-0.2, -0.15) is 0 Å². The number of aliphatic hydroxyl groups excluding tert-OH is 1. The van der Waals surface area contributed by atoms with Crippen LogP contribution in [0, 0.1) is 10.1 Å². The first-order valence-corrected chi connectivity index (χ1v) is 4.27. The van der Waals surface area contributed by atoms with Crippen LogP contribution in [0.2, 0.25) is 0 Å². The Morgan fingerprint density at radius 1 is 1.47 bits per heavy atom. The van der Waals surface area contributed by atoms with E-state index in [1.807, 2.05) is 0 Å². The predicted octanol–water partition coefficient (Wildman–Crippen LogP) is 0.887. The average molecular weight is 214 g/mol. The minimum atomic E-state index is -1.05. The summed E-state index contributed by atoms with van der Waals surface area (Å²) in [5.41, 5.74) is 4.35. The molecular weight excluding hydrogens is 200 g/mol. The number of benzene rings is 1. The maximum Gasteiger partial charge on any atom is 0.311 e. The Balaban J connectivity index is 0.000000921. The largest absolute Gasteiger partial charge is 0.458 e. The van der Waals surface area contributed by atoms with Crippen molar-refractivity contribution in [2.75, 3.05) is 7.05 Å². The Labute approximate surface area is 87.4 Å². The van der Waals surface area contributed by atoms with Crippen LogP contribution in [0.3, 0.4) is 0 Å². The second kappa shape index (κ2) is 6.74. The molecule has 6 heteroatoms. The van der Waals surface area contributed by atoms with Crippen molar-refractivity contribution in [2.24, 2.45) is 5.73 Å². The fourth-order valence-electron chi connectivity index (χ4n) is 0.891. The zero-order valence-electron chi connectivity index (χ0n) is 8.58. The van der Waals surface area contributed by atoms with Crippen LogP contribution >= 0.6 is 0 Å². The van der Waals surface area contributed by atoms with Gasteiger partial charge in [-0.05, 0) is 20.0 Å². The third-order valence-electron chi connectivity index (χ3n) is 1.36. The highest BCUT2D eigenvalue weighted by atomic mass is 16.6. The highest BCUT2D eigenvalue weighted by Gasteiger charge is 2.14. The summed E-state index contributed by atoms with van der Waals surface area (Å²) in [5.74, 6) is 0.0718. The van der Waals surface area contributed by atoms with Crippen molar-refractivity contribution in [3.05, 3.63) is 34.4 Å². The van der Waals surface area contributed by atoms with E-state index in [1.165, 1.54) is 32.2 Å². The third-order valence-corrected chi connectivity index (χ3v) is 1.36. The SMILES string of the molecule is CC(O)Oc1ccccc1[N+](=O)[O-].CN. The first kappa shape index (κ1) is 13.3. The van der Waals surface area contributed by atoms with E-state index in [2.05, 4.69) is 5.73 Å². The summed E-state index contributed by atoms with van der Waals surface area (Å²) >= 11 is 0. The van der Waals surface area contributed by atoms with Crippen molar-refractivity contribution < 1.29 is 14.8 Å². The van der Waals surface area contributed by atoms with Gasteiger partial charge in [0, 0.05) is 6.07 Å². The predicted molar refractivity (Wildman–Crippen MR) is 55.5 cm³/mol. The number of nitro groups is 1. The lowest BCUT2D eigenvalue weighted by Gasteiger charge is -2.07. The van der Waals surface area contributed by atoms with E-state index in [9.17, 15) is 10.1 Å². The van der Waals surface area contributed by atoms with Gasteiger partial charge in [0.1, 0.15) is 0 Å². The van der Waals surface area contributed by atoms with Crippen molar-refractivity contribution >= 4 is 5.69 Å². The van der Waals surface area contributed by atoms with Crippen molar-refractivity contribution in [3.63, 3.8) is 0 Å². The summed E-state index contributed by atoms with van der Waals surface area (Å²) in [4.78, 5) is 9.89. The Bertz CT molecular complexity index is 315. The molecule has 0 radical (unpaired) electrons. The number of nitrogens with zero attached hydrogens (tertiary/aromatic N) is 1. The summed E-state index contributed by atoms with van der Waals surface area (Å²) in [6.45, 7) is 1.39. The molecule has 0 spiro atoms. The monoisotopic (exact) mass is 214 g/mol. The highest BCUT2D eigenvalue weighted by molar-refractivity contribution is 5.45. The molecule has 1 unspecified atom stereocenters. The van der Waals surface area contributed by atoms with E-state index < -0.39 is 11.2 Å². The van der Waals surface area contributed by atoms with Crippen molar-refractivity contribution in [3.8, 4) is 5.75 Å². The maximum atomic E-state index is 10.4. The minimum absolute atomic E-state index is 0.0718. The Kier molecular flexibility index (Phi) is 6.00. The number of para-hydroxylation sites is 2. The first-order valence-electron chi connectivity index (χ1n) is 4.27. The Morgan fingerprint density at radius 3 is 2.47 bits per heavy atom. The van der Waals surface area contributed by atoms with Gasteiger partial charge in [-0.1, -0.05) is 12.1 Å². The fraction of sp³-hybridized carbons (Fsp3) is 0.333. The topological polar surface area (TPSA) is 98.6 Å². The molecule has 0 aliphatic heterocycles. The number of hydrogen-bond donors (Lipinski definition) is 2. The molecule has 1 atom stereocenters. The summed E-state index contributed by atoms with van der Waals surface area (Å²) in [7, 11) is 1.50. The van der Waals surface area contributed by atoms with Gasteiger partial charge in [-0.25, -0.2) is 0 Å². The molecule has 1 aromatic carbocycles. The Hall–Kier alpha value is -1.66. The Morgan fingerprint density at radius 2 is 2.00 bits per heavy atom. The van der Waals surface area contributed by atoms with Gasteiger partial charge >= 0.3 is 5.69 Å². The molecule has 1 aromatic rings. The van der Waals surface area contributed by atoms with Gasteiger partial charge in [-0.3, -0.25) is 10.1 Å². The van der Waals surface area contributed by atoms with E-state index in [4.69, 9.17) is 9.84 Å². The molecule has 0 amide bonds. The smallest absolute Gasteiger partial charge is 0.311 e. The van der Waals surface area contributed by atoms with E-state index >= 15 is 0 Å². The summed E-state index contributed by atoms with van der Waals surface area (Å²) in [6.07, 6.45) is -1.05.